The molecule has 6 heteroatoms. The molecule has 0 bridgehead atoms. The summed E-state index contributed by atoms with van der Waals surface area (Å²) in [6, 6.07) is 12.2. The Hall–Kier alpha value is -2.89. The van der Waals surface area contributed by atoms with Crippen LogP contribution >= 0.6 is 0 Å². The number of amides is 1. The average Bonchev–Trinajstić information content (AvgIpc) is 2.93. The van der Waals surface area contributed by atoms with Crippen molar-refractivity contribution in [3.05, 3.63) is 64.8 Å². The molecule has 2 aromatic heterocycles. The van der Waals surface area contributed by atoms with Gasteiger partial charge in [-0.2, -0.15) is 0 Å². The second-order valence-corrected chi connectivity index (χ2v) is 5.10. The Kier molecular flexibility index (Phi) is 3.74. The number of nitrogens with zero attached hydrogens (tertiary/aromatic N) is 2. The van der Waals surface area contributed by atoms with Gasteiger partial charge < -0.3 is 14.9 Å². The molecular weight excluding hydrogens is 280 g/mol. The number of rotatable bonds is 4. The number of carbonyl (C=O) groups excluding carboxylic acids is 1. The van der Waals surface area contributed by atoms with Crippen LogP contribution in [0.4, 0.5) is 0 Å². The van der Waals surface area contributed by atoms with Gasteiger partial charge in [0.1, 0.15) is 12.4 Å². The molecule has 1 amide bonds. The fourth-order valence-electron chi connectivity index (χ4n) is 2.28. The monoisotopic (exact) mass is 296 g/mol. The molecule has 2 heterocycles. The van der Waals surface area contributed by atoms with Crippen LogP contribution in [0.1, 0.15) is 18.8 Å². The summed E-state index contributed by atoms with van der Waals surface area (Å²) >= 11 is 0. The number of hydrogen-bond donors (Lipinski definition) is 2. The number of H-pyrrole nitrogens is 1. The number of nitrogens with one attached hydrogen (secondary N) is 2. The highest BCUT2D eigenvalue weighted by atomic mass is 16.2. The molecule has 0 fully saturated rings. The molecule has 0 aliphatic heterocycles. The molecule has 0 aliphatic carbocycles. The SMILES string of the molecule is C[C@H](NC(=O)Cn1ccccc1=O)c1nc2ccccc2[nH]1. The Balaban J connectivity index is 1.71. The zero-order valence-electron chi connectivity index (χ0n) is 12.1. The van der Waals surface area contributed by atoms with Crippen LogP contribution in [-0.2, 0) is 11.3 Å². The van der Waals surface area contributed by atoms with E-state index in [0.717, 1.165) is 11.0 Å². The summed E-state index contributed by atoms with van der Waals surface area (Å²) in [6.07, 6.45) is 1.59. The van der Waals surface area contributed by atoms with E-state index < -0.39 is 0 Å². The molecule has 22 heavy (non-hydrogen) atoms. The van der Waals surface area contributed by atoms with Crippen LogP contribution in [0.3, 0.4) is 0 Å². The number of para-hydroxylation sites is 2. The van der Waals surface area contributed by atoms with Crippen molar-refractivity contribution in [3.8, 4) is 0 Å². The number of imidazole rings is 1. The summed E-state index contributed by atoms with van der Waals surface area (Å²) in [5.74, 6) is 0.455. The van der Waals surface area contributed by atoms with E-state index in [0.29, 0.717) is 5.82 Å². The third-order valence-corrected chi connectivity index (χ3v) is 3.41. The fourth-order valence-corrected chi connectivity index (χ4v) is 2.28. The highest BCUT2D eigenvalue weighted by molar-refractivity contribution is 5.77. The van der Waals surface area contributed by atoms with Crippen molar-refractivity contribution in [3.63, 3.8) is 0 Å². The predicted molar refractivity (Wildman–Crippen MR) is 83.4 cm³/mol. The quantitative estimate of drug-likeness (QED) is 0.767. The summed E-state index contributed by atoms with van der Waals surface area (Å²) in [5.41, 5.74) is 1.59. The molecule has 0 saturated heterocycles. The van der Waals surface area contributed by atoms with Crippen LogP contribution in [0.5, 0.6) is 0 Å². The molecule has 1 aromatic carbocycles. The van der Waals surface area contributed by atoms with E-state index >= 15 is 0 Å². The summed E-state index contributed by atoms with van der Waals surface area (Å²) in [4.78, 5) is 31.3. The van der Waals surface area contributed by atoms with Crippen molar-refractivity contribution in [1.29, 1.82) is 0 Å². The first-order valence-electron chi connectivity index (χ1n) is 7.03. The van der Waals surface area contributed by atoms with Gasteiger partial charge in [0.25, 0.3) is 5.56 Å². The number of aromatic nitrogens is 3. The van der Waals surface area contributed by atoms with Crippen molar-refractivity contribution >= 4 is 16.9 Å². The van der Waals surface area contributed by atoms with Gasteiger partial charge in [0.05, 0.1) is 17.1 Å². The van der Waals surface area contributed by atoms with E-state index in [-0.39, 0.29) is 24.1 Å². The lowest BCUT2D eigenvalue weighted by Gasteiger charge is -2.12. The van der Waals surface area contributed by atoms with Crippen molar-refractivity contribution < 1.29 is 4.79 Å². The van der Waals surface area contributed by atoms with Crippen LogP contribution in [0.15, 0.2) is 53.5 Å². The normalized spacial score (nSPS) is 12.2. The molecule has 0 aliphatic rings. The topological polar surface area (TPSA) is 79.8 Å². The van der Waals surface area contributed by atoms with Crippen LogP contribution in [0.25, 0.3) is 11.0 Å². The minimum absolute atomic E-state index is 0.00968. The Morgan fingerprint density at radius 3 is 2.82 bits per heavy atom. The molecule has 0 spiro atoms. The fraction of sp³-hybridized carbons (Fsp3) is 0.188. The van der Waals surface area contributed by atoms with E-state index in [1.807, 2.05) is 31.2 Å². The van der Waals surface area contributed by atoms with Crippen LogP contribution < -0.4 is 10.9 Å². The standard InChI is InChI=1S/C16H16N4O2/c1-11(16-18-12-6-2-3-7-13(12)19-16)17-14(21)10-20-9-5-4-8-15(20)22/h2-9,11H,10H2,1H3,(H,17,21)(H,18,19)/t11-/m0/s1. The lowest BCUT2D eigenvalue weighted by atomic mass is 10.3. The first-order chi connectivity index (χ1) is 10.6. The number of benzene rings is 1. The van der Waals surface area contributed by atoms with Gasteiger partial charge in [0.15, 0.2) is 0 Å². The maximum absolute atomic E-state index is 12.1. The van der Waals surface area contributed by atoms with Gasteiger partial charge in [-0.25, -0.2) is 4.98 Å². The third kappa shape index (κ3) is 2.90. The summed E-state index contributed by atoms with van der Waals surface area (Å²) in [6.45, 7) is 1.84. The van der Waals surface area contributed by atoms with Crippen LogP contribution in [-0.4, -0.2) is 20.4 Å². The Morgan fingerprint density at radius 1 is 1.27 bits per heavy atom. The second-order valence-electron chi connectivity index (χ2n) is 5.10. The van der Waals surface area contributed by atoms with Crippen molar-refractivity contribution in [2.24, 2.45) is 0 Å². The number of fused-ring (bicyclic) bond motifs is 1. The first-order valence-corrected chi connectivity index (χ1v) is 7.03. The largest absolute Gasteiger partial charge is 0.345 e. The minimum atomic E-state index is -0.265. The van der Waals surface area contributed by atoms with Gasteiger partial charge in [-0.1, -0.05) is 18.2 Å². The highest BCUT2D eigenvalue weighted by Crippen LogP contribution is 2.15. The minimum Gasteiger partial charge on any atom is -0.345 e. The van der Waals surface area contributed by atoms with E-state index in [9.17, 15) is 9.59 Å². The zero-order chi connectivity index (χ0) is 15.5. The smallest absolute Gasteiger partial charge is 0.250 e. The molecule has 6 nitrogen and oxygen atoms in total. The maximum atomic E-state index is 12.1. The van der Waals surface area contributed by atoms with Crippen molar-refractivity contribution in [1.82, 2.24) is 19.9 Å². The molecule has 1 atom stereocenters. The second kappa shape index (κ2) is 5.85. The molecular formula is C16H16N4O2. The molecule has 2 N–H and O–H groups in total. The van der Waals surface area contributed by atoms with E-state index in [1.165, 1.54) is 10.6 Å². The number of aromatic amines is 1. The first kappa shape index (κ1) is 14.1. The molecule has 0 radical (unpaired) electrons. The van der Waals surface area contributed by atoms with E-state index in [1.54, 1.807) is 18.3 Å². The number of hydrogen-bond acceptors (Lipinski definition) is 3. The summed E-state index contributed by atoms with van der Waals surface area (Å²) in [5, 5.41) is 2.84. The highest BCUT2D eigenvalue weighted by Gasteiger charge is 2.13. The number of carbonyl (C=O) groups is 1. The maximum Gasteiger partial charge on any atom is 0.250 e. The van der Waals surface area contributed by atoms with E-state index in [2.05, 4.69) is 15.3 Å². The molecule has 3 aromatic rings. The van der Waals surface area contributed by atoms with Gasteiger partial charge in [0.2, 0.25) is 5.91 Å². The summed E-state index contributed by atoms with van der Waals surface area (Å²) < 4.78 is 1.36. The zero-order valence-corrected chi connectivity index (χ0v) is 12.1. The molecule has 3 rings (SSSR count). The van der Waals surface area contributed by atoms with Crippen LogP contribution in [0, 0.1) is 0 Å². The predicted octanol–water partition coefficient (Wildman–Crippen LogP) is 1.60. The van der Waals surface area contributed by atoms with Gasteiger partial charge in [-0.05, 0) is 25.1 Å². The Labute approximate surface area is 126 Å². The number of pyridine rings is 1. The molecule has 0 unspecified atom stereocenters. The van der Waals surface area contributed by atoms with E-state index in [4.69, 9.17) is 0 Å². The average molecular weight is 296 g/mol. The van der Waals surface area contributed by atoms with Gasteiger partial charge in [-0.3, -0.25) is 9.59 Å². The van der Waals surface area contributed by atoms with Gasteiger partial charge in [0, 0.05) is 12.3 Å². The van der Waals surface area contributed by atoms with Crippen LogP contribution in [0.2, 0.25) is 0 Å². The lowest BCUT2D eigenvalue weighted by molar-refractivity contribution is -0.122. The molecule has 0 saturated carbocycles. The van der Waals surface area contributed by atoms with Crippen molar-refractivity contribution in [2.75, 3.05) is 0 Å². The van der Waals surface area contributed by atoms with Gasteiger partial charge in [-0.15, -0.1) is 0 Å². The third-order valence-electron chi connectivity index (χ3n) is 3.41. The van der Waals surface area contributed by atoms with Crippen molar-refractivity contribution in [2.45, 2.75) is 19.5 Å². The Bertz CT molecular complexity index is 832. The molecule has 112 valence electrons. The van der Waals surface area contributed by atoms with Gasteiger partial charge >= 0.3 is 0 Å². The summed E-state index contributed by atoms with van der Waals surface area (Å²) in [7, 11) is 0. The Morgan fingerprint density at radius 2 is 2.05 bits per heavy atom. The lowest BCUT2D eigenvalue weighted by Crippen LogP contribution is -2.33.